The molecular formula is C13H9NO5. The summed E-state index contributed by atoms with van der Waals surface area (Å²) in [5.74, 6) is -0.0174. The molecule has 0 unspecified atom stereocenters. The van der Waals surface area contributed by atoms with Crippen LogP contribution in [0.5, 0.6) is 5.75 Å². The number of esters is 1. The fourth-order valence-electron chi connectivity index (χ4n) is 1.35. The van der Waals surface area contributed by atoms with Gasteiger partial charge in [-0.25, -0.2) is 4.79 Å². The number of nitro benzene ring substituents is 1. The molecule has 0 fully saturated rings. The van der Waals surface area contributed by atoms with Crippen molar-refractivity contribution in [2.24, 2.45) is 0 Å². The maximum Gasteiger partial charge on any atom is 0.336 e. The summed E-state index contributed by atoms with van der Waals surface area (Å²) in [6.45, 7) is 0. The highest BCUT2D eigenvalue weighted by molar-refractivity contribution is 5.88. The van der Waals surface area contributed by atoms with E-state index in [1.54, 1.807) is 12.1 Å². The highest BCUT2D eigenvalue weighted by Crippen LogP contribution is 2.19. The van der Waals surface area contributed by atoms with Crippen molar-refractivity contribution in [2.45, 2.75) is 0 Å². The monoisotopic (exact) mass is 259 g/mol. The largest absolute Gasteiger partial charge is 0.465 e. The summed E-state index contributed by atoms with van der Waals surface area (Å²) in [6, 6.07) is 8.76. The molecule has 0 N–H and O–H groups in total. The van der Waals surface area contributed by atoms with Gasteiger partial charge in [0.05, 0.1) is 17.3 Å². The van der Waals surface area contributed by atoms with E-state index in [9.17, 15) is 14.9 Å². The van der Waals surface area contributed by atoms with Crippen molar-refractivity contribution < 1.29 is 18.9 Å². The van der Waals surface area contributed by atoms with Gasteiger partial charge in [-0.05, 0) is 24.3 Å². The average molecular weight is 259 g/mol. The number of hydrogen-bond donors (Lipinski definition) is 0. The number of ether oxygens (including phenoxy) is 1. The first-order valence-electron chi connectivity index (χ1n) is 5.33. The molecule has 96 valence electrons. The van der Waals surface area contributed by atoms with Gasteiger partial charge < -0.3 is 9.15 Å². The minimum Gasteiger partial charge on any atom is -0.465 e. The van der Waals surface area contributed by atoms with Crippen LogP contribution in [0.4, 0.5) is 5.69 Å². The third-order valence-electron chi connectivity index (χ3n) is 2.17. The number of benzene rings is 1. The normalized spacial score (nSPS) is 10.5. The van der Waals surface area contributed by atoms with Crippen molar-refractivity contribution in [3.05, 3.63) is 64.6 Å². The summed E-state index contributed by atoms with van der Waals surface area (Å²) in [6.07, 6.45) is 4.10. The van der Waals surface area contributed by atoms with Crippen LogP contribution in [-0.4, -0.2) is 10.9 Å². The van der Waals surface area contributed by atoms with Crippen molar-refractivity contribution in [1.82, 2.24) is 0 Å². The molecule has 2 aromatic rings. The molecule has 6 heteroatoms. The number of nitro groups is 1. The van der Waals surface area contributed by atoms with Gasteiger partial charge in [0.2, 0.25) is 0 Å². The molecule has 0 aliphatic carbocycles. The van der Waals surface area contributed by atoms with Gasteiger partial charge in [-0.1, -0.05) is 6.07 Å². The molecule has 1 aromatic heterocycles. The SMILES string of the molecule is O=C(/C=C/c1ccco1)Oc1cccc([N+](=O)[O-])c1. The fourth-order valence-corrected chi connectivity index (χ4v) is 1.35. The predicted molar refractivity (Wildman–Crippen MR) is 66.5 cm³/mol. The van der Waals surface area contributed by atoms with Crippen molar-refractivity contribution >= 4 is 17.7 Å². The Labute approximate surface area is 108 Å². The predicted octanol–water partition coefficient (Wildman–Crippen LogP) is 2.81. The Hall–Kier alpha value is -2.89. The maximum absolute atomic E-state index is 11.5. The number of non-ortho nitro benzene ring substituents is 1. The molecule has 0 saturated heterocycles. The van der Waals surface area contributed by atoms with Gasteiger partial charge in [-0.3, -0.25) is 10.1 Å². The number of carbonyl (C=O) groups excluding carboxylic acids is 1. The van der Waals surface area contributed by atoms with E-state index in [1.807, 2.05) is 0 Å². The first kappa shape index (κ1) is 12.6. The Balaban J connectivity index is 2.03. The standard InChI is InChI=1S/C13H9NO5/c15-13(7-6-11-5-2-8-18-11)19-12-4-1-3-10(9-12)14(16)17/h1-9H/b7-6+. The first-order chi connectivity index (χ1) is 9.15. The molecular weight excluding hydrogens is 250 g/mol. The van der Waals surface area contributed by atoms with Crippen LogP contribution in [0.1, 0.15) is 5.76 Å². The molecule has 1 heterocycles. The van der Waals surface area contributed by atoms with Crippen molar-refractivity contribution in [3.8, 4) is 5.75 Å². The van der Waals surface area contributed by atoms with E-state index in [2.05, 4.69) is 0 Å². The minimum atomic E-state index is -0.642. The Morgan fingerprint density at radius 1 is 1.32 bits per heavy atom. The third-order valence-corrected chi connectivity index (χ3v) is 2.17. The van der Waals surface area contributed by atoms with E-state index < -0.39 is 10.9 Å². The van der Waals surface area contributed by atoms with E-state index in [0.717, 1.165) is 0 Å². The van der Waals surface area contributed by atoms with Gasteiger partial charge in [0.25, 0.3) is 5.69 Å². The van der Waals surface area contributed by atoms with Gasteiger partial charge >= 0.3 is 5.97 Å². The smallest absolute Gasteiger partial charge is 0.336 e. The lowest BCUT2D eigenvalue weighted by molar-refractivity contribution is -0.384. The van der Waals surface area contributed by atoms with Crippen molar-refractivity contribution in [3.63, 3.8) is 0 Å². The second kappa shape index (κ2) is 5.63. The highest BCUT2D eigenvalue weighted by Gasteiger charge is 2.08. The Kier molecular flexibility index (Phi) is 3.72. The lowest BCUT2D eigenvalue weighted by Gasteiger charge is -2.00. The Morgan fingerprint density at radius 3 is 2.84 bits per heavy atom. The second-order valence-corrected chi connectivity index (χ2v) is 3.52. The molecule has 0 saturated carbocycles. The number of carbonyl (C=O) groups is 1. The van der Waals surface area contributed by atoms with Crippen LogP contribution < -0.4 is 4.74 Å². The van der Waals surface area contributed by atoms with E-state index in [1.165, 1.54) is 42.7 Å². The van der Waals surface area contributed by atoms with Crippen molar-refractivity contribution in [2.75, 3.05) is 0 Å². The minimum absolute atomic E-state index is 0.114. The summed E-state index contributed by atoms with van der Waals surface area (Å²) in [5.41, 5.74) is -0.139. The maximum atomic E-state index is 11.5. The zero-order chi connectivity index (χ0) is 13.7. The molecule has 0 radical (unpaired) electrons. The van der Waals surface area contributed by atoms with Gasteiger partial charge in [-0.2, -0.15) is 0 Å². The quantitative estimate of drug-likeness (QED) is 0.277. The number of rotatable bonds is 4. The molecule has 0 spiro atoms. The van der Waals surface area contributed by atoms with Crippen LogP contribution in [-0.2, 0) is 4.79 Å². The van der Waals surface area contributed by atoms with Gasteiger partial charge in [-0.15, -0.1) is 0 Å². The summed E-state index contributed by atoms with van der Waals surface area (Å²) in [4.78, 5) is 21.5. The number of hydrogen-bond acceptors (Lipinski definition) is 5. The van der Waals surface area contributed by atoms with E-state index in [-0.39, 0.29) is 11.4 Å². The van der Waals surface area contributed by atoms with Gasteiger partial charge in [0.1, 0.15) is 11.5 Å². The zero-order valence-electron chi connectivity index (χ0n) is 9.68. The second-order valence-electron chi connectivity index (χ2n) is 3.52. The molecule has 0 aliphatic rings. The Bertz CT molecular complexity index is 616. The van der Waals surface area contributed by atoms with Crippen LogP contribution >= 0.6 is 0 Å². The molecule has 6 nitrogen and oxygen atoms in total. The number of nitrogens with zero attached hydrogens (tertiary/aromatic N) is 1. The molecule has 1 aromatic carbocycles. The molecule has 0 aliphatic heterocycles. The van der Waals surface area contributed by atoms with Crippen molar-refractivity contribution in [1.29, 1.82) is 0 Å². The molecule has 0 atom stereocenters. The van der Waals surface area contributed by atoms with Crippen LogP contribution in [0.25, 0.3) is 6.08 Å². The fraction of sp³-hybridized carbons (Fsp3) is 0. The lowest BCUT2D eigenvalue weighted by Crippen LogP contribution is -2.03. The Morgan fingerprint density at radius 2 is 2.16 bits per heavy atom. The zero-order valence-corrected chi connectivity index (χ0v) is 9.68. The van der Waals surface area contributed by atoms with Crippen LogP contribution in [0.15, 0.2) is 53.2 Å². The topological polar surface area (TPSA) is 82.6 Å². The summed E-state index contributed by atoms with van der Waals surface area (Å²) in [5, 5.41) is 10.6. The van der Waals surface area contributed by atoms with E-state index in [0.29, 0.717) is 5.76 Å². The molecule has 0 amide bonds. The average Bonchev–Trinajstić information content (AvgIpc) is 2.90. The summed E-state index contributed by atoms with van der Waals surface area (Å²) >= 11 is 0. The van der Waals surface area contributed by atoms with E-state index in [4.69, 9.17) is 9.15 Å². The first-order valence-corrected chi connectivity index (χ1v) is 5.33. The van der Waals surface area contributed by atoms with Gasteiger partial charge in [0.15, 0.2) is 0 Å². The molecule has 19 heavy (non-hydrogen) atoms. The van der Waals surface area contributed by atoms with Crippen LogP contribution in [0, 0.1) is 10.1 Å². The third kappa shape index (κ3) is 3.53. The summed E-state index contributed by atoms with van der Waals surface area (Å²) in [7, 11) is 0. The number of furan rings is 1. The lowest BCUT2D eigenvalue weighted by atomic mass is 10.3. The summed E-state index contributed by atoms with van der Waals surface area (Å²) < 4.78 is 9.93. The van der Waals surface area contributed by atoms with E-state index >= 15 is 0 Å². The van der Waals surface area contributed by atoms with Crippen LogP contribution in [0.3, 0.4) is 0 Å². The molecule has 0 bridgehead atoms. The highest BCUT2D eigenvalue weighted by atomic mass is 16.6. The van der Waals surface area contributed by atoms with Gasteiger partial charge in [0, 0.05) is 12.1 Å². The molecule has 2 rings (SSSR count). The van der Waals surface area contributed by atoms with Crippen LogP contribution in [0.2, 0.25) is 0 Å².